The molecule has 4 rings (SSSR count). The van der Waals surface area contributed by atoms with Crippen LogP contribution in [0.25, 0.3) is 10.9 Å². The molecule has 0 aliphatic rings. The molecular weight excluding hydrogens is 390 g/mol. The fourth-order valence-electron chi connectivity index (χ4n) is 5.00. The lowest BCUT2D eigenvalue weighted by Gasteiger charge is -2.26. The predicted octanol–water partition coefficient (Wildman–Crippen LogP) is 6.66. The quantitative estimate of drug-likeness (QED) is 0.340. The number of anilines is 1. The molecule has 0 amide bonds. The number of aryl methyl sites for hydroxylation is 1. The summed E-state index contributed by atoms with van der Waals surface area (Å²) in [5.41, 5.74) is 7.93. The van der Waals surface area contributed by atoms with E-state index in [0.717, 1.165) is 13.0 Å². The first-order chi connectivity index (χ1) is 15.5. The van der Waals surface area contributed by atoms with Gasteiger partial charge in [0, 0.05) is 40.4 Å². The number of benzene rings is 3. The van der Waals surface area contributed by atoms with Crippen LogP contribution in [0, 0.1) is 6.92 Å². The Kier molecular flexibility index (Phi) is 6.66. The molecule has 0 saturated heterocycles. The van der Waals surface area contributed by atoms with Gasteiger partial charge in [0.15, 0.2) is 0 Å². The van der Waals surface area contributed by atoms with Crippen LogP contribution in [0.15, 0.2) is 78.9 Å². The zero-order chi connectivity index (χ0) is 22.7. The maximum absolute atomic E-state index is 3.66. The molecule has 3 aromatic carbocycles. The Morgan fingerprint density at radius 1 is 0.875 bits per heavy atom. The molecule has 4 aromatic rings. The molecule has 0 radical (unpaired) electrons. The van der Waals surface area contributed by atoms with Crippen molar-refractivity contribution in [3.8, 4) is 0 Å². The number of hydrogen-bond donors (Lipinski definition) is 1. The van der Waals surface area contributed by atoms with E-state index in [1.807, 2.05) is 0 Å². The number of nitrogens with one attached hydrogen (secondary N) is 1. The van der Waals surface area contributed by atoms with Gasteiger partial charge in [0.05, 0.1) is 6.04 Å². The van der Waals surface area contributed by atoms with Crippen LogP contribution in [0.2, 0.25) is 0 Å². The maximum Gasteiger partial charge on any atom is 0.0620 e. The fraction of sp³-hybridized carbons (Fsp3) is 0.310. The van der Waals surface area contributed by atoms with Crippen LogP contribution in [0.1, 0.15) is 42.3 Å². The summed E-state index contributed by atoms with van der Waals surface area (Å²) in [7, 11) is 4.35. The molecule has 0 spiro atoms. The minimum absolute atomic E-state index is 0.212. The van der Waals surface area contributed by atoms with Crippen LogP contribution >= 0.6 is 0 Å². The molecule has 3 heteroatoms. The Balaban J connectivity index is 1.61. The van der Waals surface area contributed by atoms with Crippen LogP contribution in [0.5, 0.6) is 0 Å². The summed E-state index contributed by atoms with van der Waals surface area (Å²) in [5, 5.41) is 5.01. The highest BCUT2D eigenvalue weighted by atomic mass is 15.1. The van der Waals surface area contributed by atoms with Crippen molar-refractivity contribution in [2.24, 2.45) is 0 Å². The Morgan fingerprint density at radius 3 is 2.19 bits per heavy atom. The number of aromatic nitrogens is 1. The number of hydrogen-bond acceptors (Lipinski definition) is 2. The van der Waals surface area contributed by atoms with Gasteiger partial charge < -0.3 is 9.88 Å². The molecule has 2 atom stereocenters. The highest BCUT2D eigenvalue weighted by molar-refractivity contribution is 5.86. The molecule has 2 unspecified atom stereocenters. The van der Waals surface area contributed by atoms with Crippen molar-refractivity contribution < 1.29 is 0 Å². The lowest BCUT2D eigenvalue weighted by molar-refractivity contribution is 0.342. The molecule has 0 saturated carbocycles. The number of rotatable bonds is 8. The average Bonchev–Trinajstić information content (AvgIpc) is 3.07. The minimum atomic E-state index is 0.212. The largest absolute Gasteiger partial charge is 0.382 e. The van der Waals surface area contributed by atoms with Gasteiger partial charge in [-0.3, -0.25) is 4.90 Å². The average molecular weight is 426 g/mol. The molecule has 1 aromatic heterocycles. The molecule has 0 fully saturated rings. The number of para-hydroxylation sites is 1. The van der Waals surface area contributed by atoms with Crippen molar-refractivity contribution in [1.82, 2.24) is 9.47 Å². The third-order valence-corrected chi connectivity index (χ3v) is 6.41. The number of fused-ring (bicyclic) bond motifs is 1. The highest BCUT2D eigenvalue weighted by Gasteiger charge is 2.24. The molecule has 3 nitrogen and oxygen atoms in total. The topological polar surface area (TPSA) is 20.2 Å². The first-order valence-corrected chi connectivity index (χ1v) is 11.6. The first kappa shape index (κ1) is 22.2. The van der Waals surface area contributed by atoms with E-state index in [0.29, 0.717) is 6.04 Å². The van der Waals surface area contributed by atoms with Gasteiger partial charge in [-0.2, -0.15) is 0 Å². The molecule has 1 N–H and O–H groups in total. The second-order valence-corrected chi connectivity index (χ2v) is 8.98. The van der Waals surface area contributed by atoms with E-state index in [-0.39, 0.29) is 6.04 Å². The lowest BCUT2D eigenvalue weighted by atomic mass is 9.95. The minimum Gasteiger partial charge on any atom is -0.382 e. The van der Waals surface area contributed by atoms with E-state index >= 15 is 0 Å². The molecular formula is C29H35N3. The van der Waals surface area contributed by atoms with Gasteiger partial charge in [-0.15, -0.1) is 0 Å². The van der Waals surface area contributed by atoms with Crippen LogP contribution in [0.4, 0.5) is 5.69 Å². The summed E-state index contributed by atoms with van der Waals surface area (Å²) < 4.78 is 2.43. The van der Waals surface area contributed by atoms with Crippen molar-refractivity contribution in [2.75, 3.05) is 19.4 Å². The van der Waals surface area contributed by atoms with E-state index in [1.165, 1.54) is 39.0 Å². The normalized spacial score (nSPS) is 13.4. The third-order valence-electron chi connectivity index (χ3n) is 6.41. The molecule has 0 aliphatic carbocycles. The van der Waals surface area contributed by atoms with Crippen LogP contribution < -0.4 is 5.32 Å². The summed E-state index contributed by atoms with van der Waals surface area (Å²) in [6, 6.07) is 29.1. The van der Waals surface area contributed by atoms with Crippen molar-refractivity contribution in [1.29, 1.82) is 0 Å². The van der Waals surface area contributed by atoms with E-state index in [4.69, 9.17) is 0 Å². The van der Waals surface area contributed by atoms with Crippen LogP contribution in [-0.2, 0) is 13.0 Å². The molecule has 0 bridgehead atoms. The van der Waals surface area contributed by atoms with E-state index < -0.39 is 0 Å². The van der Waals surface area contributed by atoms with Crippen molar-refractivity contribution >= 4 is 16.6 Å². The van der Waals surface area contributed by atoms with Crippen molar-refractivity contribution in [3.63, 3.8) is 0 Å². The van der Waals surface area contributed by atoms with Gasteiger partial charge in [-0.05, 0) is 70.6 Å². The second-order valence-electron chi connectivity index (χ2n) is 8.98. The summed E-state index contributed by atoms with van der Waals surface area (Å²) in [4.78, 5) is 2.33. The van der Waals surface area contributed by atoms with Crippen molar-refractivity contribution in [2.45, 2.75) is 45.8 Å². The predicted molar refractivity (Wildman–Crippen MR) is 138 cm³/mol. The van der Waals surface area contributed by atoms with E-state index in [2.05, 4.69) is 129 Å². The first-order valence-electron chi connectivity index (χ1n) is 11.6. The SMILES string of the molecule is CCn1c(C)c(C(c2ccc(NC(C)Cc3ccccc3)cc2)N(C)C)c2ccccc21. The van der Waals surface area contributed by atoms with E-state index in [9.17, 15) is 0 Å². The lowest BCUT2D eigenvalue weighted by Crippen LogP contribution is -2.22. The van der Waals surface area contributed by atoms with E-state index in [1.54, 1.807) is 0 Å². The Morgan fingerprint density at radius 2 is 1.53 bits per heavy atom. The van der Waals surface area contributed by atoms with Gasteiger partial charge >= 0.3 is 0 Å². The summed E-state index contributed by atoms with van der Waals surface area (Å²) in [6.07, 6.45) is 1.01. The zero-order valence-electron chi connectivity index (χ0n) is 20.0. The Hall–Kier alpha value is -3.04. The third kappa shape index (κ3) is 4.44. The van der Waals surface area contributed by atoms with Gasteiger partial charge in [0.25, 0.3) is 0 Å². The standard InChI is InChI=1S/C29H35N3/c1-6-32-22(3)28(26-14-10-11-15-27(26)32)29(31(4)5)24-16-18-25(19-17-24)30-21(2)20-23-12-8-7-9-13-23/h7-19,21,29-30H,6,20H2,1-5H3. The van der Waals surface area contributed by atoms with Crippen molar-refractivity contribution in [3.05, 3.63) is 101 Å². The molecule has 166 valence electrons. The highest BCUT2D eigenvalue weighted by Crippen LogP contribution is 2.37. The summed E-state index contributed by atoms with van der Waals surface area (Å²) >= 11 is 0. The summed E-state index contributed by atoms with van der Waals surface area (Å²) in [6.45, 7) is 7.71. The van der Waals surface area contributed by atoms with Crippen LogP contribution in [-0.4, -0.2) is 29.6 Å². The van der Waals surface area contributed by atoms with Crippen LogP contribution in [0.3, 0.4) is 0 Å². The maximum atomic E-state index is 3.66. The molecule has 32 heavy (non-hydrogen) atoms. The fourth-order valence-corrected chi connectivity index (χ4v) is 5.00. The molecule has 0 aliphatic heterocycles. The molecule has 1 heterocycles. The Bertz CT molecular complexity index is 1160. The van der Waals surface area contributed by atoms with Gasteiger partial charge in [-0.1, -0.05) is 60.7 Å². The zero-order valence-corrected chi connectivity index (χ0v) is 20.0. The van der Waals surface area contributed by atoms with Gasteiger partial charge in [-0.25, -0.2) is 0 Å². The monoisotopic (exact) mass is 425 g/mol. The van der Waals surface area contributed by atoms with Gasteiger partial charge in [0.1, 0.15) is 0 Å². The smallest absolute Gasteiger partial charge is 0.0620 e. The number of nitrogens with zero attached hydrogens (tertiary/aromatic N) is 2. The summed E-state index contributed by atoms with van der Waals surface area (Å²) in [5.74, 6) is 0. The Labute approximate surface area is 192 Å². The second kappa shape index (κ2) is 9.62. The van der Waals surface area contributed by atoms with Gasteiger partial charge in [0.2, 0.25) is 0 Å².